The number of aliphatic hydroxyl groups excluding tert-OH is 1. The van der Waals surface area contributed by atoms with E-state index in [-0.39, 0.29) is 13.0 Å². The summed E-state index contributed by atoms with van der Waals surface area (Å²) in [6.07, 6.45) is 1.83. The molecule has 0 saturated heterocycles. The van der Waals surface area contributed by atoms with Gasteiger partial charge in [0.05, 0.1) is 6.61 Å². The summed E-state index contributed by atoms with van der Waals surface area (Å²) >= 11 is 0. The molecule has 72 valence electrons. The third-order valence-corrected chi connectivity index (χ3v) is 1.66. The fourth-order valence-electron chi connectivity index (χ4n) is 0.940. The lowest BCUT2D eigenvalue weighted by Crippen LogP contribution is -2.23. The molecule has 0 aromatic heterocycles. The second kappa shape index (κ2) is 7.06. The smallest absolute Gasteiger partial charge is 0.303 e. The van der Waals surface area contributed by atoms with Crippen LogP contribution in [-0.2, 0) is 4.79 Å². The Morgan fingerprint density at radius 3 is 2.50 bits per heavy atom. The van der Waals surface area contributed by atoms with Crippen LogP contribution >= 0.6 is 0 Å². The van der Waals surface area contributed by atoms with Gasteiger partial charge in [0, 0.05) is 13.0 Å². The summed E-state index contributed by atoms with van der Waals surface area (Å²) in [5, 5.41) is 16.9. The van der Waals surface area contributed by atoms with E-state index < -0.39 is 5.97 Å². The van der Waals surface area contributed by atoms with Gasteiger partial charge in [-0.3, -0.25) is 4.79 Å². The van der Waals surface area contributed by atoms with E-state index >= 15 is 0 Å². The van der Waals surface area contributed by atoms with E-state index in [9.17, 15) is 4.79 Å². The Morgan fingerprint density at radius 1 is 1.33 bits per heavy atom. The molecule has 0 aromatic rings. The van der Waals surface area contributed by atoms with Crippen LogP contribution in [-0.4, -0.2) is 47.8 Å². The molecule has 0 atom stereocenters. The molecule has 0 unspecified atom stereocenters. The van der Waals surface area contributed by atoms with Crippen molar-refractivity contribution in [2.45, 2.75) is 19.3 Å². The first kappa shape index (κ1) is 11.4. The lowest BCUT2D eigenvalue weighted by Gasteiger charge is -2.13. The second-order valence-corrected chi connectivity index (χ2v) is 2.88. The van der Waals surface area contributed by atoms with Crippen molar-refractivity contribution in [3.05, 3.63) is 0 Å². The number of likely N-dealkylation sites (N-methyl/N-ethyl adjacent to an activating group) is 1. The maximum atomic E-state index is 10.1. The summed E-state index contributed by atoms with van der Waals surface area (Å²) < 4.78 is 0. The molecule has 0 radical (unpaired) electrons. The molecule has 0 aliphatic carbocycles. The number of aliphatic carboxylic acids is 1. The molecule has 0 aromatic carbocycles. The van der Waals surface area contributed by atoms with Gasteiger partial charge < -0.3 is 15.1 Å². The third kappa shape index (κ3) is 7.50. The van der Waals surface area contributed by atoms with Crippen molar-refractivity contribution in [1.82, 2.24) is 4.90 Å². The molecular formula is C8H17NO3. The van der Waals surface area contributed by atoms with Crippen molar-refractivity contribution < 1.29 is 15.0 Å². The molecule has 0 saturated carbocycles. The van der Waals surface area contributed by atoms with E-state index in [1.165, 1.54) is 0 Å². The van der Waals surface area contributed by atoms with Crippen LogP contribution in [0.1, 0.15) is 19.3 Å². The van der Waals surface area contributed by atoms with Crippen molar-refractivity contribution in [2.75, 3.05) is 26.7 Å². The minimum Gasteiger partial charge on any atom is -0.481 e. The Kier molecular flexibility index (Phi) is 6.70. The molecule has 0 amide bonds. The van der Waals surface area contributed by atoms with Crippen LogP contribution < -0.4 is 0 Å². The first-order valence-corrected chi connectivity index (χ1v) is 4.18. The molecule has 0 fully saturated rings. The average molecular weight is 175 g/mol. The number of hydrogen-bond donors (Lipinski definition) is 2. The van der Waals surface area contributed by atoms with Gasteiger partial charge in [0.15, 0.2) is 0 Å². The maximum Gasteiger partial charge on any atom is 0.303 e. The lowest BCUT2D eigenvalue weighted by atomic mass is 10.2. The number of aliphatic hydroxyl groups is 1. The highest BCUT2D eigenvalue weighted by Gasteiger charge is 1.99. The van der Waals surface area contributed by atoms with Crippen LogP contribution in [0, 0.1) is 0 Å². The third-order valence-electron chi connectivity index (χ3n) is 1.66. The van der Waals surface area contributed by atoms with E-state index in [0.717, 1.165) is 13.0 Å². The van der Waals surface area contributed by atoms with Gasteiger partial charge in [0.1, 0.15) is 0 Å². The number of carboxylic acid groups (broad SMARTS) is 1. The number of carbonyl (C=O) groups is 1. The average Bonchev–Trinajstić information content (AvgIpc) is 1.98. The van der Waals surface area contributed by atoms with E-state index in [0.29, 0.717) is 13.0 Å². The monoisotopic (exact) mass is 175 g/mol. The van der Waals surface area contributed by atoms with Crippen LogP contribution in [0.3, 0.4) is 0 Å². The molecule has 4 nitrogen and oxygen atoms in total. The Morgan fingerprint density at radius 2 is 2.00 bits per heavy atom. The van der Waals surface area contributed by atoms with Gasteiger partial charge in [0.2, 0.25) is 0 Å². The van der Waals surface area contributed by atoms with Gasteiger partial charge in [-0.1, -0.05) is 0 Å². The van der Waals surface area contributed by atoms with Crippen molar-refractivity contribution in [2.24, 2.45) is 0 Å². The van der Waals surface area contributed by atoms with Crippen LogP contribution in [0.15, 0.2) is 0 Å². The van der Waals surface area contributed by atoms with Gasteiger partial charge in [-0.25, -0.2) is 0 Å². The Bertz CT molecular complexity index is 127. The number of carboxylic acids is 1. The van der Waals surface area contributed by atoms with E-state index in [4.69, 9.17) is 10.2 Å². The zero-order chi connectivity index (χ0) is 9.40. The minimum atomic E-state index is -0.736. The van der Waals surface area contributed by atoms with Crippen LogP contribution in [0.4, 0.5) is 0 Å². The number of unbranched alkanes of at least 4 members (excludes halogenated alkanes) is 1. The number of rotatable bonds is 7. The lowest BCUT2D eigenvalue weighted by molar-refractivity contribution is -0.137. The van der Waals surface area contributed by atoms with Crippen LogP contribution in [0.5, 0.6) is 0 Å². The standard InChI is InChI=1S/C8H17NO3/c1-9(6-7-10)5-3-2-4-8(11)12/h10H,2-7H2,1H3,(H,11,12). The molecule has 0 aliphatic heterocycles. The largest absolute Gasteiger partial charge is 0.481 e. The van der Waals surface area contributed by atoms with Crippen molar-refractivity contribution >= 4 is 5.97 Å². The summed E-state index contributed by atoms with van der Waals surface area (Å²) in [7, 11) is 1.91. The van der Waals surface area contributed by atoms with Gasteiger partial charge in [-0.05, 0) is 26.4 Å². The normalized spacial score (nSPS) is 10.6. The highest BCUT2D eigenvalue weighted by Crippen LogP contribution is 1.96. The molecule has 0 heterocycles. The predicted octanol–water partition coefficient (Wildman–Crippen LogP) is 0.165. The summed E-state index contributed by atoms with van der Waals surface area (Å²) in [6, 6.07) is 0. The SMILES string of the molecule is CN(CCO)CCCCC(=O)O. The molecule has 4 heteroatoms. The Hall–Kier alpha value is -0.610. The molecule has 0 bridgehead atoms. The second-order valence-electron chi connectivity index (χ2n) is 2.88. The molecular weight excluding hydrogens is 158 g/mol. The van der Waals surface area contributed by atoms with Crippen LogP contribution in [0.2, 0.25) is 0 Å². The van der Waals surface area contributed by atoms with E-state index in [2.05, 4.69) is 0 Å². The molecule has 0 rings (SSSR count). The van der Waals surface area contributed by atoms with Gasteiger partial charge in [0.25, 0.3) is 0 Å². The molecule has 12 heavy (non-hydrogen) atoms. The first-order chi connectivity index (χ1) is 5.66. The topological polar surface area (TPSA) is 60.8 Å². The number of hydrogen-bond acceptors (Lipinski definition) is 3. The molecule has 2 N–H and O–H groups in total. The maximum absolute atomic E-state index is 10.1. The summed E-state index contributed by atoms with van der Waals surface area (Å²) in [6.45, 7) is 1.68. The zero-order valence-corrected chi connectivity index (χ0v) is 7.49. The zero-order valence-electron chi connectivity index (χ0n) is 7.49. The Balaban J connectivity index is 3.13. The highest BCUT2D eigenvalue weighted by molar-refractivity contribution is 5.66. The summed E-state index contributed by atoms with van der Waals surface area (Å²) in [5.41, 5.74) is 0. The molecule has 0 aliphatic rings. The fourth-order valence-corrected chi connectivity index (χ4v) is 0.940. The van der Waals surface area contributed by atoms with Crippen molar-refractivity contribution in [3.63, 3.8) is 0 Å². The van der Waals surface area contributed by atoms with Crippen molar-refractivity contribution in [3.8, 4) is 0 Å². The summed E-state index contributed by atoms with van der Waals surface area (Å²) in [5.74, 6) is -0.736. The highest BCUT2D eigenvalue weighted by atomic mass is 16.4. The van der Waals surface area contributed by atoms with Gasteiger partial charge in [-0.2, -0.15) is 0 Å². The predicted molar refractivity (Wildman–Crippen MR) is 46.1 cm³/mol. The molecule has 0 spiro atoms. The van der Waals surface area contributed by atoms with E-state index in [1.807, 2.05) is 11.9 Å². The van der Waals surface area contributed by atoms with Gasteiger partial charge in [-0.15, -0.1) is 0 Å². The Labute approximate surface area is 72.8 Å². The fraction of sp³-hybridized carbons (Fsp3) is 0.875. The van der Waals surface area contributed by atoms with Crippen LogP contribution in [0.25, 0.3) is 0 Å². The number of nitrogens with zero attached hydrogens (tertiary/aromatic N) is 1. The van der Waals surface area contributed by atoms with Crippen molar-refractivity contribution in [1.29, 1.82) is 0 Å². The quantitative estimate of drug-likeness (QED) is 0.541. The summed E-state index contributed by atoms with van der Waals surface area (Å²) in [4.78, 5) is 12.1. The van der Waals surface area contributed by atoms with Gasteiger partial charge >= 0.3 is 5.97 Å². The van der Waals surface area contributed by atoms with E-state index in [1.54, 1.807) is 0 Å². The first-order valence-electron chi connectivity index (χ1n) is 4.18. The minimum absolute atomic E-state index is 0.162.